The van der Waals surface area contributed by atoms with Gasteiger partial charge in [-0.1, -0.05) is 30.0 Å². The van der Waals surface area contributed by atoms with E-state index < -0.39 is 0 Å². The van der Waals surface area contributed by atoms with Crippen LogP contribution < -0.4 is 9.64 Å². The van der Waals surface area contributed by atoms with Gasteiger partial charge in [-0.05, 0) is 49.2 Å². The van der Waals surface area contributed by atoms with Crippen molar-refractivity contribution < 1.29 is 13.9 Å². The van der Waals surface area contributed by atoms with Gasteiger partial charge in [-0.2, -0.15) is 0 Å². The largest absolute Gasteiger partial charge is 0.494 e. The third-order valence-corrected chi connectivity index (χ3v) is 5.77. The summed E-state index contributed by atoms with van der Waals surface area (Å²) < 4.78 is 27.1. The van der Waals surface area contributed by atoms with Crippen molar-refractivity contribution >= 4 is 17.7 Å². The average molecular weight is 429 g/mol. The molecule has 2 heterocycles. The Labute approximate surface area is 180 Å². The Morgan fingerprint density at radius 2 is 1.93 bits per heavy atom. The van der Waals surface area contributed by atoms with Crippen molar-refractivity contribution in [3.05, 3.63) is 59.9 Å². The Morgan fingerprint density at radius 1 is 1.10 bits per heavy atom. The quantitative estimate of drug-likeness (QED) is 0.398. The summed E-state index contributed by atoms with van der Waals surface area (Å²) in [5.74, 6) is 2.15. The number of hydrogen-bond acceptors (Lipinski definition) is 6. The molecule has 4 rings (SSSR count). The van der Waals surface area contributed by atoms with Crippen LogP contribution in [0.1, 0.15) is 12.0 Å². The smallest absolute Gasteiger partial charge is 0.232 e. The summed E-state index contributed by atoms with van der Waals surface area (Å²) in [6.45, 7) is 5.45. The standard InChI is InChI=1S/C22H25FN4O2S/c1-17-5-2-8-20(15-17)29-11-4-14-30-22-25-24-21(26-9-12-28-13-10-26)27(22)19-7-3-6-18(23)16-19/h2-3,5-8,15-16H,4,9-14H2,1H3. The number of rotatable bonds is 8. The highest BCUT2D eigenvalue weighted by Crippen LogP contribution is 2.28. The summed E-state index contributed by atoms with van der Waals surface area (Å²) in [5.41, 5.74) is 1.90. The molecule has 0 aliphatic carbocycles. The molecule has 1 fully saturated rings. The number of thioether (sulfide) groups is 1. The second-order valence-electron chi connectivity index (χ2n) is 7.06. The van der Waals surface area contributed by atoms with Gasteiger partial charge in [-0.25, -0.2) is 4.39 Å². The second kappa shape index (κ2) is 9.95. The van der Waals surface area contributed by atoms with Crippen molar-refractivity contribution in [2.45, 2.75) is 18.5 Å². The molecule has 6 nitrogen and oxygen atoms in total. The summed E-state index contributed by atoms with van der Waals surface area (Å²) in [5, 5.41) is 9.55. The molecule has 2 aromatic carbocycles. The fourth-order valence-corrected chi connectivity index (χ4v) is 4.14. The minimum atomic E-state index is -0.281. The third kappa shape index (κ3) is 5.12. The van der Waals surface area contributed by atoms with Gasteiger partial charge in [0.1, 0.15) is 11.6 Å². The molecule has 0 bridgehead atoms. The van der Waals surface area contributed by atoms with E-state index in [4.69, 9.17) is 9.47 Å². The maximum absolute atomic E-state index is 13.9. The maximum atomic E-state index is 13.9. The van der Waals surface area contributed by atoms with Gasteiger partial charge in [-0.15, -0.1) is 10.2 Å². The molecule has 158 valence electrons. The number of benzene rings is 2. The van der Waals surface area contributed by atoms with Crippen LogP contribution in [0.3, 0.4) is 0 Å². The van der Waals surface area contributed by atoms with Gasteiger partial charge in [-0.3, -0.25) is 4.57 Å². The zero-order chi connectivity index (χ0) is 20.8. The van der Waals surface area contributed by atoms with Crippen LogP contribution in [-0.4, -0.2) is 53.4 Å². The molecule has 0 amide bonds. The lowest BCUT2D eigenvalue weighted by atomic mass is 10.2. The average Bonchev–Trinajstić information content (AvgIpc) is 3.18. The lowest BCUT2D eigenvalue weighted by molar-refractivity contribution is 0.122. The van der Waals surface area contributed by atoms with Gasteiger partial charge in [0.05, 0.1) is 25.5 Å². The van der Waals surface area contributed by atoms with Gasteiger partial charge in [0.15, 0.2) is 5.16 Å². The predicted octanol–water partition coefficient (Wildman–Crippen LogP) is 4.11. The van der Waals surface area contributed by atoms with Crippen LogP contribution in [0.4, 0.5) is 10.3 Å². The highest BCUT2D eigenvalue weighted by Gasteiger charge is 2.22. The number of anilines is 1. The summed E-state index contributed by atoms with van der Waals surface area (Å²) in [7, 11) is 0. The lowest BCUT2D eigenvalue weighted by Crippen LogP contribution is -2.37. The van der Waals surface area contributed by atoms with Crippen LogP contribution in [0.15, 0.2) is 53.7 Å². The van der Waals surface area contributed by atoms with Crippen molar-refractivity contribution in [2.75, 3.05) is 43.6 Å². The van der Waals surface area contributed by atoms with Gasteiger partial charge in [0.2, 0.25) is 5.95 Å². The van der Waals surface area contributed by atoms with Gasteiger partial charge < -0.3 is 14.4 Å². The number of morpholine rings is 1. The zero-order valence-electron chi connectivity index (χ0n) is 17.0. The molecule has 30 heavy (non-hydrogen) atoms. The molecule has 1 aliphatic rings. The molecule has 0 unspecified atom stereocenters. The van der Waals surface area contributed by atoms with E-state index in [-0.39, 0.29) is 5.82 Å². The highest BCUT2D eigenvalue weighted by atomic mass is 32.2. The van der Waals surface area contributed by atoms with E-state index in [2.05, 4.69) is 15.1 Å². The number of ether oxygens (including phenoxy) is 2. The molecule has 3 aromatic rings. The maximum Gasteiger partial charge on any atom is 0.232 e. The number of hydrogen-bond donors (Lipinski definition) is 0. The molecular weight excluding hydrogens is 403 g/mol. The fraction of sp³-hybridized carbons (Fsp3) is 0.364. The Morgan fingerprint density at radius 3 is 2.73 bits per heavy atom. The van der Waals surface area contributed by atoms with E-state index >= 15 is 0 Å². The van der Waals surface area contributed by atoms with Crippen LogP contribution in [-0.2, 0) is 4.74 Å². The van der Waals surface area contributed by atoms with Gasteiger partial charge in [0.25, 0.3) is 0 Å². The van der Waals surface area contributed by atoms with Gasteiger partial charge >= 0.3 is 0 Å². The van der Waals surface area contributed by atoms with Crippen LogP contribution in [0.5, 0.6) is 5.75 Å². The molecule has 0 spiro atoms. The van der Waals surface area contributed by atoms with E-state index in [0.717, 1.165) is 47.8 Å². The summed E-state index contributed by atoms with van der Waals surface area (Å²) >= 11 is 1.60. The Hall–Kier alpha value is -2.58. The van der Waals surface area contributed by atoms with E-state index in [9.17, 15) is 4.39 Å². The predicted molar refractivity (Wildman–Crippen MR) is 116 cm³/mol. The number of halogens is 1. The Balaban J connectivity index is 1.43. The van der Waals surface area contributed by atoms with Gasteiger partial charge in [0, 0.05) is 18.8 Å². The van der Waals surface area contributed by atoms with Crippen LogP contribution in [0.2, 0.25) is 0 Å². The molecule has 1 saturated heterocycles. The third-order valence-electron chi connectivity index (χ3n) is 4.75. The van der Waals surface area contributed by atoms with Crippen molar-refractivity contribution in [2.24, 2.45) is 0 Å². The molecule has 0 saturated carbocycles. The van der Waals surface area contributed by atoms with E-state index in [1.165, 1.54) is 17.7 Å². The molecule has 8 heteroatoms. The SMILES string of the molecule is Cc1cccc(OCCCSc2nnc(N3CCOCC3)n2-c2cccc(F)c2)c1. The summed E-state index contributed by atoms with van der Waals surface area (Å²) in [6, 6.07) is 14.6. The minimum absolute atomic E-state index is 0.281. The molecule has 0 atom stereocenters. The van der Waals surface area contributed by atoms with E-state index in [1.807, 2.05) is 41.8 Å². The van der Waals surface area contributed by atoms with E-state index in [0.29, 0.717) is 19.8 Å². The first kappa shape index (κ1) is 20.7. The summed E-state index contributed by atoms with van der Waals surface area (Å²) in [4.78, 5) is 2.13. The Kier molecular flexibility index (Phi) is 6.86. The monoisotopic (exact) mass is 428 g/mol. The zero-order valence-corrected chi connectivity index (χ0v) is 17.8. The normalized spacial score (nSPS) is 14.1. The topological polar surface area (TPSA) is 52.4 Å². The molecular formula is C22H25FN4O2S. The van der Waals surface area contributed by atoms with E-state index in [1.54, 1.807) is 17.8 Å². The Bertz CT molecular complexity index is 975. The number of aryl methyl sites for hydroxylation is 1. The van der Waals surface area contributed by atoms with Crippen molar-refractivity contribution in [1.29, 1.82) is 0 Å². The first-order chi connectivity index (χ1) is 14.7. The van der Waals surface area contributed by atoms with Crippen molar-refractivity contribution in [3.63, 3.8) is 0 Å². The van der Waals surface area contributed by atoms with Crippen LogP contribution >= 0.6 is 11.8 Å². The first-order valence-corrected chi connectivity index (χ1v) is 11.1. The lowest BCUT2D eigenvalue weighted by Gasteiger charge is -2.27. The molecule has 0 radical (unpaired) electrons. The highest BCUT2D eigenvalue weighted by molar-refractivity contribution is 7.99. The molecule has 0 N–H and O–H groups in total. The number of nitrogens with zero attached hydrogens (tertiary/aromatic N) is 4. The molecule has 1 aliphatic heterocycles. The minimum Gasteiger partial charge on any atom is -0.494 e. The fourth-order valence-electron chi connectivity index (χ4n) is 3.28. The number of aromatic nitrogens is 3. The van der Waals surface area contributed by atoms with Crippen molar-refractivity contribution in [3.8, 4) is 11.4 Å². The molecule has 1 aromatic heterocycles. The summed E-state index contributed by atoms with van der Waals surface area (Å²) in [6.07, 6.45) is 0.863. The van der Waals surface area contributed by atoms with Crippen LogP contribution in [0, 0.1) is 12.7 Å². The van der Waals surface area contributed by atoms with Crippen LogP contribution in [0.25, 0.3) is 5.69 Å². The second-order valence-corrected chi connectivity index (χ2v) is 8.13. The first-order valence-electron chi connectivity index (χ1n) is 10.1. The van der Waals surface area contributed by atoms with Crippen molar-refractivity contribution in [1.82, 2.24) is 14.8 Å².